The van der Waals surface area contributed by atoms with Crippen molar-refractivity contribution in [1.82, 2.24) is 10.2 Å². The highest BCUT2D eigenvalue weighted by Gasteiger charge is 2.29. The number of likely N-dealkylation sites (N-methyl/N-ethyl adjacent to an activating group) is 1. The largest absolute Gasteiger partial charge is 0.444 e. The first-order valence-corrected chi connectivity index (χ1v) is 8.48. The lowest BCUT2D eigenvalue weighted by atomic mass is 9.94. The SMILES string of the molecule is C[C@H](NC[C@](C)(O)CN(C)C(=O)OC(C)(C)C)[C@H]1CCCOC1. The second-order valence-corrected chi connectivity index (χ2v) is 7.98. The molecule has 1 aliphatic heterocycles. The van der Waals surface area contributed by atoms with Crippen molar-refractivity contribution in [2.24, 2.45) is 5.92 Å². The van der Waals surface area contributed by atoms with Crippen molar-refractivity contribution in [2.45, 2.75) is 64.7 Å². The number of ether oxygens (including phenoxy) is 2. The Balaban J connectivity index is 2.40. The van der Waals surface area contributed by atoms with E-state index in [0.717, 1.165) is 26.1 Å². The van der Waals surface area contributed by atoms with Gasteiger partial charge in [-0.05, 0) is 53.4 Å². The smallest absolute Gasteiger partial charge is 0.410 e. The van der Waals surface area contributed by atoms with Gasteiger partial charge in [0.1, 0.15) is 5.60 Å². The van der Waals surface area contributed by atoms with Crippen LogP contribution in [-0.4, -0.2) is 66.7 Å². The molecule has 23 heavy (non-hydrogen) atoms. The van der Waals surface area contributed by atoms with Crippen LogP contribution in [0.2, 0.25) is 0 Å². The minimum atomic E-state index is -1.02. The van der Waals surface area contributed by atoms with Gasteiger partial charge in [0.15, 0.2) is 0 Å². The van der Waals surface area contributed by atoms with Crippen LogP contribution < -0.4 is 5.32 Å². The highest BCUT2D eigenvalue weighted by atomic mass is 16.6. The van der Waals surface area contributed by atoms with Crippen molar-refractivity contribution in [1.29, 1.82) is 0 Å². The van der Waals surface area contributed by atoms with Gasteiger partial charge in [0.25, 0.3) is 0 Å². The highest BCUT2D eigenvalue weighted by molar-refractivity contribution is 5.67. The van der Waals surface area contributed by atoms with E-state index in [1.54, 1.807) is 14.0 Å². The van der Waals surface area contributed by atoms with Gasteiger partial charge in [-0.2, -0.15) is 0 Å². The molecular formula is C17H34N2O4. The number of carbonyl (C=O) groups is 1. The fourth-order valence-corrected chi connectivity index (χ4v) is 2.68. The Bertz CT molecular complexity index is 373. The zero-order chi connectivity index (χ0) is 17.7. The van der Waals surface area contributed by atoms with E-state index in [1.807, 2.05) is 20.8 Å². The molecule has 0 aliphatic carbocycles. The molecule has 0 aromatic heterocycles. The fraction of sp³-hybridized carbons (Fsp3) is 0.941. The van der Waals surface area contributed by atoms with Crippen LogP contribution >= 0.6 is 0 Å². The Morgan fingerprint density at radius 1 is 1.43 bits per heavy atom. The number of carbonyl (C=O) groups excluding carboxylic acids is 1. The third-order valence-electron chi connectivity index (χ3n) is 3.99. The lowest BCUT2D eigenvalue weighted by Gasteiger charge is -2.34. The van der Waals surface area contributed by atoms with Gasteiger partial charge < -0.3 is 24.8 Å². The molecule has 1 heterocycles. The van der Waals surface area contributed by atoms with Gasteiger partial charge in [0.05, 0.1) is 18.8 Å². The first-order valence-electron chi connectivity index (χ1n) is 8.48. The van der Waals surface area contributed by atoms with Crippen LogP contribution in [0.3, 0.4) is 0 Å². The number of nitrogens with one attached hydrogen (secondary N) is 1. The fourth-order valence-electron chi connectivity index (χ4n) is 2.68. The number of nitrogens with zero attached hydrogens (tertiary/aromatic N) is 1. The summed E-state index contributed by atoms with van der Waals surface area (Å²) in [5.74, 6) is 0.475. The topological polar surface area (TPSA) is 71.0 Å². The maximum Gasteiger partial charge on any atom is 0.410 e. The molecule has 3 atom stereocenters. The summed E-state index contributed by atoms with van der Waals surface area (Å²) in [5.41, 5.74) is -1.56. The summed E-state index contributed by atoms with van der Waals surface area (Å²) in [6.07, 6.45) is 1.81. The van der Waals surface area contributed by atoms with Crippen LogP contribution in [0.5, 0.6) is 0 Å². The quantitative estimate of drug-likeness (QED) is 0.779. The summed E-state index contributed by atoms with van der Waals surface area (Å²) in [5, 5.41) is 13.9. The lowest BCUT2D eigenvalue weighted by Crippen LogP contribution is -2.51. The Labute approximate surface area is 140 Å². The van der Waals surface area contributed by atoms with Gasteiger partial charge in [-0.25, -0.2) is 4.79 Å². The maximum absolute atomic E-state index is 12.0. The Morgan fingerprint density at radius 2 is 2.09 bits per heavy atom. The molecule has 6 nitrogen and oxygen atoms in total. The van der Waals surface area contributed by atoms with Crippen LogP contribution in [0.15, 0.2) is 0 Å². The Kier molecular flexibility index (Phi) is 7.29. The normalized spacial score (nSPS) is 23.0. The van der Waals surface area contributed by atoms with E-state index in [-0.39, 0.29) is 12.6 Å². The number of amides is 1. The summed E-state index contributed by atoms with van der Waals surface area (Å²) in [7, 11) is 1.64. The summed E-state index contributed by atoms with van der Waals surface area (Å²) < 4.78 is 10.8. The molecular weight excluding hydrogens is 296 g/mol. The second-order valence-electron chi connectivity index (χ2n) is 7.98. The molecule has 1 rings (SSSR count). The zero-order valence-electron chi connectivity index (χ0n) is 15.5. The minimum absolute atomic E-state index is 0.211. The van der Waals surface area contributed by atoms with Crippen molar-refractivity contribution in [3.63, 3.8) is 0 Å². The lowest BCUT2D eigenvalue weighted by molar-refractivity contribution is -0.00698. The van der Waals surface area contributed by atoms with Crippen molar-refractivity contribution < 1.29 is 19.4 Å². The molecule has 0 aromatic rings. The van der Waals surface area contributed by atoms with Crippen molar-refractivity contribution in [3.05, 3.63) is 0 Å². The van der Waals surface area contributed by atoms with Gasteiger partial charge in [-0.15, -0.1) is 0 Å². The maximum atomic E-state index is 12.0. The third kappa shape index (κ3) is 7.99. The average molecular weight is 330 g/mol. The molecule has 2 N–H and O–H groups in total. The summed E-state index contributed by atoms with van der Waals surface area (Å²) in [6.45, 7) is 11.6. The first-order chi connectivity index (χ1) is 10.5. The van der Waals surface area contributed by atoms with Crippen molar-refractivity contribution in [2.75, 3.05) is 33.4 Å². The van der Waals surface area contributed by atoms with Crippen molar-refractivity contribution in [3.8, 4) is 0 Å². The number of aliphatic hydroxyl groups is 1. The first kappa shape index (κ1) is 20.2. The molecule has 6 heteroatoms. The van der Waals surface area contributed by atoms with E-state index in [0.29, 0.717) is 12.5 Å². The van der Waals surface area contributed by atoms with Crippen molar-refractivity contribution >= 4 is 6.09 Å². The van der Waals surface area contributed by atoms with Gasteiger partial charge in [-0.3, -0.25) is 0 Å². The molecule has 1 saturated heterocycles. The molecule has 0 unspecified atom stereocenters. The standard InChI is InChI=1S/C17H34N2O4/c1-13(14-8-7-9-22-10-14)18-11-17(5,21)12-19(6)15(20)23-16(2,3)4/h13-14,18,21H,7-12H2,1-6H3/t13-,14-,17-/m0/s1. The van der Waals surface area contributed by atoms with E-state index in [1.165, 1.54) is 4.90 Å². The summed E-state index contributed by atoms with van der Waals surface area (Å²) in [4.78, 5) is 13.4. The van der Waals surface area contributed by atoms with Crippen LogP contribution in [0, 0.1) is 5.92 Å². The monoisotopic (exact) mass is 330 g/mol. The summed E-state index contributed by atoms with van der Waals surface area (Å²) in [6, 6.07) is 0.272. The molecule has 0 spiro atoms. The molecule has 0 aromatic carbocycles. The van der Waals surface area contributed by atoms with Crippen LogP contribution in [0.1, 0.15) is 47.5 Å². The Hall–Kier alpha value is -0.850. The number of hydrogen-bond acceptors (Lipinski definition) is 5. The van der Waals surface area contributed by atoms with Gasteiger partial charge in [-0.1, -0.05) is 0 Å². The third-order valence-corrected chi connectivity index (χ3v) is 3.99. The van der Waals surface area contributed by atoms with E-state index in [4.69, 9.17) is 9.47 Å². The van der Waals surface area contributed by atoms with Crippen LogP contribution in [0.4, 0.5) is 4.79 Å². The minimum Gasteiger partial charge on any atom is -0.444 e. The van der Waals surface area contributed by atoms with Gasteiger partial charge >= 0.3 is 6.09 Å². The predicted molar refractivity (Wildman–Crippen MR) is 90.5 cm³/mol. The molecule has 136 valence electrons. The second kappa shape index (κ2) is 8.31. The molecule has 0 bridgehead atoms. The zero-order valence-corrected chi connectivity index (χ0v) is 15.5. The van der Waals surface area contributed by atoms with Crippen LogP contribution in [0.25, 0.3) is 0 Å². The summed E-state index contributed by atoms with van der Waals surface area (Å²) >= 11 is 0. The molecule has 1 fully saturated rings. The van der Waals surface area contributed by atoms with E-state index in [2.05, 4.69) is 12.2 Å². The number of hydrogen-bond donors (Lipinski definition) is 2. The molecule has 1 amide bonds. The van der Waals surface area contributed by atoms with Gasteiger partial charge in [0.2, 0.25) is 0 Å². The highest BCUT2D eigenvalue weighted by Crippen LogP contribution is 2.18. The number of rotatable bonds is 6. The molecule has 0 saturated carbocycles. The Morgan fingerprint density at radius 3 is 2.61 bits per heavy atom. The average Bonchev–Trinajstić information content (AvgIpc) is 2.43. The van der Waals surface area contributed by atoms with Gasteiger partial charge in [0, 0.05) is 26.2 Å². The van der Waals surface area contributed by atoms with E-state index in [9.17, 15) is 9.90 Å². The molecule has 0 radical (unpaired) electrons. The molecule has 1 aliphatic rings. The van der Waals surface area contributed by atoms with E-state index >= 15 is 0 Å². The van der Waals surface area contributed by atoms with Crippen LogP contribution in [-0.2, 0) is 9.47 Å². The predicted octanol–water partition coefficient (Wildman–Crippen LogP) is 2.01. The van der Waals surface area contributed by atoms with E-state index < -0.39 is 17.3 Å².